The van der Waals surface area contributed by atoms with E-state index in [2.05, 4.69) is 10.4 Å². The predicted octanol–water partition coefficient (Wildman–Crippen LogP) is 4.52. The molecule has 0 aliphatic rings. The molecule has 3 rings (SSSR count). The zero-order valence-electron chi connectivity index (χ0n) is 18.5. The Morgan fingerprint density at radius 2 is 1.81 bits per heavy atom. The number of hydrogen-bond acceptors (Lipinski definition) is 5. The van der Waals surface area contributed by atoms with Crippen LogP contribution in [0.3, 0.4) is 0 Å². The van der Waals surface area contributed by atoms with Gasteiger partial charge in [0, 0.05) is 17.4 Å². The number of anilines is 1. The molecule has 1 aromatic heterocycles. The predicted molar refractivity (Wildman–Crippen MR) is 122 cm³/mol. The number of benzene rings is 2. The maximum atomic E-state index is 12.9. The largest absolute Gasteiger partial charge is 0.461 e. The lowest BCUT2D eigenvalue weighted by Crippen LogP contribution is -2.15. The maximum absolute atomic E-state index is 12.9. The molecule has 0 spiro atoms. The van der Waals surface area contributed by atoms with Crippen molar-refractivity contribution in [2.45, 2.75) is 27.7 Å². The van der Waals surface area contributed by atoms with Gasteiger partial charge in [-0.1, -0.05) is 35.9 Å². The second kappa shape index (κ2) is 9.75. The van der Waals surface area contributed by atoms with Crippen molar-refractivity contribution in [3.8, 4) is 11.8 Å². The summed E-state index contributed by atoms with van der Waals surface area (Å²) in [6.45, 7) is 7.65. The Bertz CT molecular complexity index is 1210. The molecule has 0 fully saturated rings. The molecule has 0 saturated heterocycles. The van der Waals surface area contributed by atoms with Crippen LogP contribution in [0.2, 0.25) is 0 Å². The van der Waals surface area contributed by atoms with Crippen LogP contribution < -0.4 is 5.32 Å². The van der Waals surface area contributed by atoms with Gasteiger partial charge < -0.3 is 10.1 Å². The highest BCUT2D eigenvalue weighted by Gasteiger charge is 2.20. The van der Waals surface area contributed by atoms with E-state index in [0.717, 1.165) is 22.4 Å². The number of carbonyl (C=O) groups excluding carboxylic acids is 2. The van der Waals surface area contributed by atoms with Crippen LogP contribution in [-0.4, -0.2) is 28.3 Å². The highest BCUT2D eigenvalue weighted by Crippen LogP contribution is 2.23. The van der Waals surface area contributed by atoms with Crippen molar-refractivity contribution in [3.05, 3.63) is 82.2 Å². The van der Waals surface area contributed by atoms with Gasteiger partial charge in [0.2, 0.25) is 0 Å². The second-order valence-corrected chi connectivity index (χ2v) is 7.33. The molecule has 7 nitrogen and oxygen atoms in total. The maximum Gasteiger partial charge on any atom is 0.359 e. The Hall–Kier alpha value is -4.18. The highest BCUT2D eigenvalue weighted by molar-refractivity contribution is 6.10. The molecule has 0 saturated carbocycles. The molecular formula is C25H24N4O3. The van der Waals surface area contributed by atoms with Crippen molar-refractivity contribution >= 4 is 23.6 Å². The number of ether oxygens (including phenoxy) is 1. The van der Waals surface area contributed by atoms with Gasteiger partial charge in [-0.3, -0.25) is 4.79 Å². The van der Waals surface area contributed by atoms with Gasteiger partial charge in [0.1, 0.15) is 11.6 Å². The number of nitrogens with one attached hydrogen (secondary N) is 1. The molecule has 0 bridgehead atoms. The number of nitriles is 1. The summed E-state index contributed by atoms with van der Waals surface area (Å²) < 4.78 is 6.62. The van der Waals surface area contributed by atoms with E-state index in [9.17, 15) is 14.9 Å². The lowest BCUT2D eigenvalue weighted by molar-refractivity contribution is -0.112. The fourth-order valence-corrected chi connectivity index (χ4v) is 3.43. The van der Waals surface area contributed by atoms with Crippen molar-refractivity contribution < 1.29 is 14.3 Å². The minimum Gasteiger partial charge on any atom is -0.461 e. The van der Waals surface area contributed by atoms with E-state index in [4.69, 9.17) is 4.74 Å². The first kappa shape index (κ1) is 22.5. The fourth-order valence-electron chi connectivity index (χ4n) is 3.43. The number of amides is 1. The first-order valence-corrected chi connectivity index (χ1v) is 10.2. The number of rotatable bonds is 6. The number of nitrogens with zero attached hydrogens (tertiary/aromatic N) is 3. The molecular weight excluding hydrogens is 404 g/mol. The number of para-hydroxylation sites is 1. The summed E-state index contributed by atoms with van der Waals surface area (Å²) in [4.78, 5) is 25.3. The van der Waals surface area contributed by atoms with Gasteiger partial charge in [0.25, 0.3) is 5.91 Å². The highest BCUT2D eigenvalue weighted by atomic mass is 16.5. The van der Waals surface area contributed by atoms with Crippen molar-refractivity contribution in [2.75, 3.05) is 11.9 Å². The summed E-state index contributed by atoms with van der Waals surface area (Å²) in [6, 6.07) is 15.1. The molecule has 1 N–H and O–H groups in total. The van der Waals surface area contributed by atoms with Crippen LogP contribution in [0.25, 0.3) is 11.8 Å². The molecule has 0 atom stereocenters. The molecule has 0 radical (unpaired) electrons. The first-order chi connectivity index (χ1) is 15.3. The lowest BCUT2D eigenvalue weighted by atomic mass is 10.0. The first-order valence-electron chi connectivity index (χ1n) is 10.2. The van der Waals surface area contributed by atoms with Gasteiger partial charge in [-0.05, 0) is 57.0 Å². The summed E-state index contributed by atoms with van der Waals surface area (Å²) in [5, 5.41) is 16.8. The van der Waals surface area contributed by atoms with Gasteiger partial charge in [0.05, 0.1) is 12.3 Å². The molecule has 2 aromatic carbocycles. The van der Waals surface area contributed by atoms with E-state index < -0.39 is 11.9 Å². The van der Waals surface area contributed by atoms with Crippen LogP contribution in [0, 0.1) is 32.1 Å². The molecule has 7 heteroatoms. The Labute approximate surface area is 186 Å². The number of aryl methyl sites for hydroxylation is 3. The van der Waals surface area contributed by atoms with Crippen LogP contribution in [0.4, 0.5) is 5.69 Å². The van der Waals surface area contributed by atoms with Crippen LogP contribution in [-0.2, 0) is 9.53 Å². The minimum atomic E-state index is -0.628. The average molecular weight is 428 g/mol. The summed E-state index contributed by atoms with van der Waals surface area (Å²) in [5.41, 5.74) is 4.47. The van der Waals surface area contributed by atoms with Gasteiger partial charge in [-0.25, -0.2) is 9.48 Å². The molecule has 1 heterocycles. The quantitative estimate of drug-likeness (QED) is 0.354. The second-order valence-electron chi connectivity index (χ2n) is 7.33. The molecule has 32 heavy (non-hydrogen) atoms. The summed E-state index contributed by atoms with van der Waals surface area (Å²) in [6.07, 6.45) is 2.95. The third kappa shape index (κ3) is 4.93. The molecule has 162 valence electrons. The van der Waals surface area contributed by atoms with E-state index in [1.54, 1.807) is 13.1 Å². The molecule has 3 aromatic rings. The molecule has 1 amide bonds. The molecule has 0 aliphatic heterocycles. The van der Waals surface area contributed by atoms with Gasteiger partial charge >= 0.3 is 5.97 Å². The Morgan fingerprint density at radius 3 is 2.41 bits per heavy atom. The normalized spacial score (nSPS) is 11.0. The zero-order chi connectivity index (χ0) is 23.3. The standard InChI is InChI=1S/C25H24N4O3/c1-5-32-25(31)23-20(15-29(28-23)21-9-7-6-8-10-21)13-19(14-26)24(30)27-22-17(3)11-16(2)12-18(22)4/h6-13,15H,5H2,1-4H3,(H,27,30)/b19-13-. The van der Waals surface area contributed by atoms with Gasteiger partial charge in [-0.15, -0.1) is 0 Å². The Kier molecular flexibility index (Phi) is 6.86. The van der Waals surface area contributed by atoms with Crippen LogP contribution in [0.1, 0.15) is 39.7 Å². The third-order valence-electron chi connectivity index (χ3n) is 4.81. The summed E-state index contributed by atoms with van der Waals surface area (Å²) in [7, 11) is 0. The van der Waals surface area contributed by atoms with E-state index in [1.165, 1.54) is 10.8 Å². The lowest BCUT2D eigenvalue weighted by Gasteiger charge is -2.12. The van der Waals surface area contributed by atoms with Crippen LogP contribution in [0.5, 0.6) is 0 Å². The molecule has 0 unspecified atom stereocenters. The van der Waals surface area contributed by atoms with Crippen LogP contribution >= 0.6 is 0 Å². The summed E-state index contributed by atoms with van der Waals surface area (Å²) >= 11 is 0. The minimum absolute atomic E-state index is 0.0268. The van der Waals surface area contributed by atoms with Crippen molar-refractivity contribution in [1.29, 1.82) is 5.26 Å². The van der Waals surface area contributed by atoms with Crippen molar-refractivity contribution in [3.63, 3.8) is 0 Å². The van der Waals surface area contributed by atoms with Gasteiger partial charge in [-0.2, -0.15) is 10.4 Å². The number of aromatic nitrogens is 2. The fraction of sp³-hybridized carbons (Fsp3) is 0.200. The topological polar surface area (TPSA) is 97.0 Å². The number of carbonyl (C=O) groups is 2. The van der Waals surface area contributed by atoms with Crippen LogP contribution in [0.15, 0.2) is 54.2 Å². The SMILES string of the molecule is CCOC(=O)c1nn(-c2ccccc2)cc1/C=C(/C#N)C(=O)Nc1c(C)cc(C)cc1C. The smallest absolute Gasteiger partial charge is 0.359 e. The van der Waals surface area contributed by atoms with E-state index in [-0.39, 0.29) is 17.9 Å². The zero-order valence-corrected chi connectivity index (χ0v) is 18.5. The number of esters is 1. The van der Waals surface area contributed by atoms with E-state index >= 15 is 0 Å². The van der Waals surface area contributed by atoms with Crippen molar-refractivity contribution in [1.82, 2.24) is 9.78 Å². The monoisotopic (exact) mass is 428 g/mol. The average Bonchev–Trinajstić information content (AvgIpc) is 3.19. The van der Waals surface area contributed by atoms with E-state index in [0.29, 0.717) is 11.3 Å². The van der Waals surface area contributed by atoms with E-state index in [1.807, 2.05) is 69.3 Å². The third-order valence-corrected chi connectivity index (χ3v) is 4.81. The van der Waals surface area contributed by atoms with Crippen molar-refractivity contribution in [2.24, 2.45) is 0 Å². The Balaban J connectivity index is 2.00. The number of hydrogen-bond donors (Lipinski definition) is 1. The Morgan fingerprint density at radius 1 is 1.16 bits per heavy atom. The summed E-state index contributed by atoms with van der Waals surface area (Å²) in [5.74, 6) is -1.19. The van der Waals surface area contributed by atoms with Gasteiger partial charge in [0.15, 0.2) is 5.69 Å². The molecule has 0 aliphatic carbocycles.